The molecule has 6 heteroatoms. The number of aryl methyl sites for hydroxylation is 1. The van der Waals surface area contributed by atoms with Gasteiger partial charge < -0.3 is 10.5 Å². The van der Waals surface area contributed by atoms with Gasteiger partial charge in [0.25, 0.3) is 0 Å². The lowest BCUT2D eigenvalue weighted by Gasteiger charge is -2.20. The first-order chi connectivity index (χ1) is 7.84. The molecule has 0 spiro atoms. The molecule has 0 saturated carbocycles. The van der Waals surface area contributed by atoms with Gasteiger partial charge in [0.15, 0.2) is 0 Å². The molecule has 1 aromatic rings. The summed E-state index contributed by atoms with van der Waals surface area (Å²) in [7, 11) is -3.72. The SMILES string of the molecule is C=C1OCc2cc(C)c(C(N)=O)cc2S1(=O)=O. The van der Waals surface area contributed by atoms with Gasteiger partial charge in [-0.2, -0.15) is 0 Å². The summed E-state index contributed by atoms with van der Waals surface area (Å²) in [5, 5.41) is -0.302. The highest BCUT2D eigenvalue weighted by molar-refractivity contribution is 7.95. The lowest BCUT2D eigenvalue weighted by Crippen LogP contribution is -2.19. The van der Waals surface area contributed by atoms with E-state index in [0.29, 0.717) is 11.1 Å². The van der Waals surface area contributed by atoms with E-state index in [2.05, 4.69) is 6.58 Å². The monoisotopic (exact) mass is 253 g/mol. The van der Waals surface area contributed by atoms with Crippen LogP contribution in [0.1, 0.15) is 21.5 Å². The minimum atomic E-state index is -3.72. The summed E-state index contributed by atoms with van der Waals surface area (Å²) in [6.45, 7) is 5.16. The number of sulfone groups is 1. The Kier molecular flexibility index (Phi) is 2.46. The molecule has 0 radical (unpaired) electrons. The average molecular weight is 253 g/mol. The molecule has 1 aromatic carbocycles. The van der Waals surface area contributed by atoms with Crippen molar-refractivity contribution < 1.29 is 17.9 Å². The van der Waals surface area contributed by atoms with Crippen molar-refractivity contribution in [1.82, 2.24) is 0 Å². The number of ether oxygens (including phenoxy) is 1. The number of rotatable bonds is 1. The molecule has 1 amide bonds. The normalized spacial score (nSPS) is 17.1. The van der Waals surface area contributed by atoms with Crippen LogP contribution in [0.3, 0.4) is 0 Å². The van der Waals surface area contributed by atoms with E-state index in [4.69, 9.17) is 10.5 Å². The molecule has 17 heavy (non-hydrogen) atoms. The Morgan fingerprint density at radius 2 is 2.12 bits per heavy atom. The smallest absolute Gasteiger partial charge is 0.249 e. The summed E-state index contributed by atoms with van der Waals surface area (Å²) in [5.41, 5.74) is 6.52. The van der Waals surface area contributed by atoms with Crippen LogP contribution >= 0.6 is 0 Å². The lowest BCUT2D eigenvalue weighted by molar-refractivity contribution is 0.0999. The topological polar surface area (TPSA) is 86.5 Å². The fourth-order valence-electron chi connectivity index (χ4n) is 1.73. The van der Waals surface area contributed by atoms with Crippen LogP contribution in [-0.4, -0.2) is 14.3 Å². The molecule has 0 bridgehead atoms. The lowest BCUT2D eigenvalue weighted by atomic mass is 10.0. The van der Waals surface area contributed by atoms with E-state index in [-0.39, 0.29) is 22.2 Å². The van der Waals surface area contributed by atoms with Crippen LogP contribution in [0.15, 0.2) is 28.7 Å². The van der Waals surface area contributed by atoms with Crippen LogP contribution in [0.2, 0.25) is 0 Å². The number of amides is 1. The highest BCUT2D eigenvalue weighted by atomic mass is 32.2. The molecule has 1 heterocycles. The largest absolute Gasteiger partial charge is 0.478 e. The number of primary amides is 1. The van der Waals surface area contributed by atoms with E-state index < -0.39 is 15.7 Å². The van der Waals surface area contributed by atoms with Crippen molar-refractivity contribution in [2.24, 2.45) is 5.73 Å². The van der Waals surface area contributed by atoms with Crippen molar-refractivity contribution >= 4 is 15.7 Å². The maximum absolute atomic E-state index is 11.9. The molecule has 1 aliphatic heterocycles. The number of carbonyl (C=O) groups is 1. The fraction of sp³-hybridized carbons (Fsp3) is 0.182. The third-order valence-corrected chi connectivity index (χ3v) is 4.33. The van der Waals surface area contributed by atoms with Crippen LogP contribution < -0.4 is 5.73 Å². The highest BCUT2D eigenvalue weighted by Crippen LogP contribution is 2.31. The predicted octanol–water partition coefficient (Wildman–Crippen LogP) is 0.869. The van der Waals surface area contributed by atoms with Crippen molar-refractivity contribution in [3.05, 3.63) is 40.5 Å². The number of carbonyl (C=O) groups excluding carboxylic acids is 1. The number of benzene rings is 1. The first-order valence-corrected chi connectivity index (χ1v) is 6.32. The Labute approximate surface area is 98.8 Å². The molecule has 5 nitrogen and oxygen atoms in total. The number of fused-ring (bicyclic) bond motifs is 1. The van der Waals surface area contributed by atoms with Gasteiger partial charge >= 0.3 is 0 Å². The van der Waals surface area contributed by atoms with Crippen molar-refractivity contribution in [2.45, 2.75) is 18.4 Å². The van der Waals surface area contributed by atoms with E-state index >= 15 is 0 Å². The van der Waals surface area contributed by atoms with E-state index in [1.807, 2.05) is 0 Å². The van der Waals surface area contributed by atoms with E-state index in [1.54, 1.807) is 13.0 Å². The maximum atomic E-state index is 11.9. The van der Waals surface area contributed by atoms with Gasteiger partial charge in [-0.3, -0.25) is 4.79 Å². The van der Waals surface area contributed by atoms with Gasteiger partial charge in [-0.25, -0.2) is 8.42 Å². The van der Waals surface area contributed by atoms with E-state index in [1.165, 1.54) is 6.07 Å². The zero-order valence-corrected chi connectivity index (χ0v) is 10.0. The van der Waals surface area contributed by atoms with E-state index in [9.17, 15) is 13.2 Å². The Balaban J connectivity index is 2.76. The van der Waals surface area contributed by atoms with Gasteiger partial charge in [0.1, 0.15) is 6.61 Å². The Morgan fingerprint density at radius 3 is 2.71 bits per heavy atom. The van der Waals surface area contributed by atoms with Crippen molar-refractivity contribution in [3.8, 4) is 0 Å². The standard InChI is InChI=1S/C11H11NO4S/c1-6-3-8-5-16-7(2)17(14,15)10(8)4-9(6)11(12)13/h3-4H,2,5H2,1H3,(H2,12,13). The molecule has 0 fully saturated rings. The molecule has 0 aromatic heterocycles. The summed E-state index contributed by atoms with van der Waals surface area (Å²) in [5.74, 6) is -0.655. The van der Waals surface area contributed by atoms with Gasteiger partial charge in [0.05, 0.1) is 4.90 Å². The Morgan fingerprint density at radius 1 is 1.47 bits per heavy atom. The second-order valence-corrected chi connectivity index (χ2v) is 5.71. The van der Waals surface area contributed by atoms with Gasteiger partial charge in [0.2, 0.25) is 20.8 Å². The summed E-state index contributed by atoms with van der Waals surface area (Å²) in [6, 6.07) is 2.88. The predicted molar refractivity (Wildman–Crippen MR) is 60.8 cm³/mol. The van der Waals surface area contributed by atoms with Crippen LogP contribution in [0.5, 0.6) is 0 Å². The number of nitrogens with two attached hydrogens (primary N) is 1. The van der Waals surface area contributed by atoms with Crippen LogP contribution in [0.4, 0.5) is 0 Å². The summed E-state index contributed by atoms with van der Waals surface area (Å²) < 4.78 is 28.8. The third kappa shape index (κ3) is 1.70. The van der Waals surface area contributed by atoms with Gasteiger partial charge in [-0.15, -0.1) is 0 Å². The molecule has 90 valence electrons. The summed E-state index contributed by atoms with van der Waals surface area (Å²) in [4.78, 5) is 11.2. The zero-order chi connectivity index (χ0) is 12.8. The third-order valence-electron chi connectivity index (χ3n) is 2.65. The first kappa shape index (κ1) is 11.7. The molecule has 0 aliphatic carbocycles. The summed E-state index contributed by atoms with van der Waals surface area (Å²) in [6.07, 6.45) is 0. The fourth-order valence-corrected chi connectivity index (χ4v) is 2.93. The van der Waals surface area contributed by atoms with Crippen LogP contribution in [-0.2, 0) is 21.2 Å². The van der Waals surface area contributed by atoms with Crippen molar-refractivity contribution in [3.63, 3.8) is 0 Å². The van der Waals surface area contributed by atoms with Gasteiger partial charge in [-0.05, 0) is 25.1 Å². The molecule has 0 unspecified atom stereocenters. The number of hydrogen-bond donors (Lipinski definition) is 1. The quantitative estimate of drug-likeness (QED) is 0.804. The second kappa shape index (κ2) is 3.59. The Bertz CT molecular complexity index is 631. The summed E-state index contributed by atoms with van der Waals surface area (Å²) >= 11 is 0. The van der Waals surface area contributed by atoms with Crippen molar-refractivity contribution in [1.29, 1.82) is 0 Å². The van der Waals surface area contributed by atoms with Gasteiger partial charge in [0, 0.05) is 11.1 Å². The molecule has 1 aliphatic rings. The maximum Gasteiger partial charge on any atom is 0.249 e. The molecular weight excluding hydrogens is 242 g/mol. The molecular formula is C11H11NO4S. The van der Waals surface area contributed by atoms with Crippen LogP contribution in [0.25, 0.3) is 0 Å². The Hall–Kier alpha value is -1.82. The van der Waals surface area contributed by atoms with Crippen molar-refractivity contribution in [2.75, 3.05) is 0 Å². The minimum Gasteiger partial charge on any atom is -0.478 e. The molecule has 2 rings (SSSR count). The average Bonchev–Trinajstić information content (AvgIpc) is 2.23. The highest BCUT2D eigenvalue weighted by Gasteiger charge is 2.30. The minimum absolute atomic E-state index is 0.0492. The van der Waals surface area contributed by atoms with Gasteiger partial charge in [-0.1, -0.05) is 6.07 Å². The zero-order valence-electron chi connectivity index (χ0n) is 9.19. The second-order valence-electron chi connectivity index (χ2n) is 3.80. The molecule has 0 saturated heterocycles. The van der Waals surface area contributed by atoms with Crippen LogP contribution in [0, 0.1) is 6.92 Å². The first-order valence-electron chi connectivity index (χ1n) is 4.84. The van der Waals surface area contributed by atoms with E-state index in [0.717, 1.165) is 0 Å². The molecule has 0 atom stereocenters. The molecule has 2 N–H and O–H groups in total. The number of hydrogen-bond acceptors (Lipinski definition) is 4.